The molecule has 0 bridgehead atoms. The highest BCUT2D eigenvalue weighted by Crippen LogP contribution is 2.20. The molecule has 0 fully saturated rings. The molecule has 0 aromatic rings. The van der Waals surface area contributed by atoms with E-state index in [2.05, 4.69) is 9.47 Å². The minimum atomic E-state index is -0.466. The molecule has 0 unspecified atom stereocenters. The molecular weight excluding hydrogens is 196 g/mol. The zero-order valence-corrected chi connectivity index (χ0v) is 9.92. The van der Waals surface area contributed by atoms with Gasteiger partial charge in [0.15, 0.2) is 0 Å². The molecule has 0 aliphatic heterocycles. The second kappa shape index (κ2) is 6.22. The second-order valence-corrected chi connectivity index (χ2v) is 3.38. The molecule has 0 aromatic carbocycles. The maximum atomic E-state index is 11.5. The summed E-state index contributed by atoms with van der Waals surface area (Å²) >= 11 is 0. The van der Waals surface area contributed by atoms with E-state index in [1.54, 1.807) is 6.92 Å². The summed E-state index contributed by atoms with van der Waals surface area (Å²) in [4.78, 5) is 22.9. The Bertz CT molecular complexity index is 276. The molecule has 0 aromatic heterocycles. The van der Waals surface area contributed by atoms with Gasteiger partial charge >= 0.3 is 11.9 Å². The fourth-order valence-corrected chi connectivity index (χ4v) is 1.39. The monoisotopic (exact) mass is 214 g/mol. The third-order valence-corrected chi connectivity index (χ3v) is 2.09. The van der Waals surface area contributed by atoms with Gasteiger partial charge in [-0.05, 0) is 12.3 Å². The third kappa shape index (κ3) is 3.38. The van der Waals surface area contributed by atoms with Crippen LogP contribution in [0.1, 0.15) is 27.2 Å². The van der Waals surface area contributed by atoms with Crippen molar-refractivity contribution in [1.29, 1.82) is 0 Å². The highest BCUT2D eigenvalue weighted by atomic mass is 16.5. The first-order valence-electron chi connectivity index (χ1n) is 4.89. The zero-order chi connectivity index (χ0) is 12.0. The predicted molar refractivity (Wildman–Crippen MR) is 56.2 cm³/mol. The van der Waals surface area contributed by atoms with Crippen LogP contribution in [0.5, 0.6) is 0 Å². The molecule has 0 spiro atoms. The summed E-state index contributed by atoms with van der Waals surface area (Å²) in [6, 6.07) is 0. The lowest BCUT2D eigenvalue weighted by atomic mass is 9.95. The molecule has 0 N–H and O–H groups in total. The Balaban J connectivity index is 5.37. The van der Waals surface area contributed by atoms with Gasteiger partial charge in [-0.1, -0.05) is 20.8 Å². The standard InChI is InChI=1S/C11H18O4/c1-6-8(10(12)14-4)9(7(2)3)11(13)15-5/h7H,6H2,1-5H3. The maximum Gasteiger partial charge on any atom is 0.334 e. The topological polar surface area (TPSA) is 52.6 Å². The van der Waals surface area contributed by atoms with Gasteiger partial charge in [0.2, 0.25) is 0 Å². The van der Waals surface area contributed by atoms with Crippen molar-refractivity contribution in [3.63, 3.8) is 0 Å². The normalized spacial score (nSPS) is 12.1. The van der Waals surface area contributed by atoms with Crippen LogP contribution in [0.2, 0.25) is 0 Å². The Kier molecular flexibility index (Phi) is 5.67. The molecule has 4 nitrogen and oxygen atoms in total. The molecule has 15 heavy (non-hydrogen) atoms. The lowest BCUT2D eigenvalue weighted by Gasteiger charge is -2.13. The van der Waals surface area contributed by atoms with Crippen LogP contribution in [-0.2, 0) is 19.1 Å². The molecule has 0 heterocycles. The van der Waals surface area contributed by atoms with Gasteiger partial charge in [-0.15, -0.1) is 0 Å². The van der Waals surface area contributed by atoms with Gasteiger partial charge in [-0.3, -0.25) is 0 Å². The van der Waals surface area contributed by atoms with Crippen LogP contribution in [-0.4, -0.2) is 26.2 Å². The molecule has 0 saturated heterocycles. The van der Waals surface area contributed by atoms with E-state index in [-0.39, 0.29) is 5.92 Å². The van der Waals surface area contributed by atoms with E-state index in [1.807, 2.05) is 13.8 Å². The fraction of sp³-hybridized carbons (Fsp3) is 0.636. The molecule has 0 radical (unpaired) electrons. The van der Waals surface area contributed by atoms with E-state index in [9.17, 15) is 9.59 Å². The summed E-state index contributed by atoms with van der Waals surface area (Å²) in [6.07, 6.45) is 0.454. The van der Waals surface area contributed by atoms with Crippen LogP contribution < -0.4 is 0 Å². The second-order valence-electron chi connectivity index (χ2n) is 3.38. The van der Waals surface area contributed by atoms with Crippen LogP contribution in [0, 0.1) is 5.92 Å². The van der Waals surface area contributed by atoms with Crippen molar-refractivity contribution in [3.8, 4) is 0 Å². The molecule has 0 atom stereocenters. The number of ether oxygens (including phenoxy) is 2. The first-order valence-corrected chi connectivity index (χ1v) is 4.89. The Hall–Kier alpha value is -1.32. The number of hydrogen-bond donors (Lipinski definition) is 0. The van der Waals surface area contributed by atoms with E-state index in [0.717, 1.165) is 0 Å². The van der Waals surface area contributed by atoms with Crippen LogP contribution in [0.3, 0.4) is 0 Å². The van der Waals surface area contributed by atoms with E-state index in [1.165, 1.54) is 14.2 Å². The summed E-state index contributed by atoms with van der Waals surface area (Å²) < 4.78 is 9.27. The highest BCUT2D eigenvalue weighted by molar-refractivity contribution is 6.00. The summed E-state index contributed by atoms with van der Waals surface area (Å²) in [5.74, 6) is -0.995. The molecule has 0 saturated carbocycles. The first kappa shape index (κ1) is 13.7. The lowest BCUT2D eigenvalue weighted by Crippen LogP contribution is -2.18. The average molecular weight is 214 g/mol. The smallest absolute Gasteiger partial charge is 0.334 e. The molecule has 86 valence electrons. The number of hydrogen-bond acceptors (Lipinski definition) is 4. The maximum absolute atomic E-state index is 11.5. The minimum absolute atomic E-state index is 0.0634. The summed E-state index contributed by atoms with van der Waals surface area (Å²) in [5.41, 5.74) is 0.784. The average Bonchev–Trinajstić information content (AvgIpc) is 2.22. The van der Waals surface area contributed by atoms with Crippen molar-refractivity contribution >= 4 is 11.9 Å². The molecular formula is C11H18O4. The van der Waals surface area contributed by atoms with E-state index in [0.29, 0.717) is 17.6 Å². The Labute approximate surface area is 90.2 Å². The zero-order valence-electron chi connectivity index (χ0n) is 9.92. The Morgan fingerprint density at radius 3 is 1.80 bits per heavy atom. The number of carbonyl (C=O) groups excluding carboxylic acids is 2. The third-order valence-electron chi connectivity index (χ3n) is 2.09. The summed E-state index contributed by atoms with van der Waals surface area (Å²) in [7, 11) is 2.60. The van der Waals surface area contributed by atoms with Crippen molar-refractivity contribution in [3.05, 3.63) is 11.1 Å². The highest BCUT2D eigenvalue weighted by Gasteiger charge is 2.23. The van der Waals surface area contributed by atoms with Crippen molar-refractivity contribution in [1.82, 2.24) is 0 Å². The molecule has 0 aliphatic carbocycles. The van der Waals surface area contributed by atoms with Gasteiger partial charge in [-0.2, -0.15) is 0 Å². The van der Waals surface area contributed by atoms with Crippen molar-refractivity contribution in [2.75, 3.05) is 14.2 Å². The van der Waals surface area contributed by atoms with Crippen molar-refractivity contribution in [2.24, 2.45) is 5.92 Å². The largest absolute Gasteiger partial charge is 0.466 e. The quantitative estimate of drug-likeness (QED) is 0.528. The number of rotatable bonds is 4. The van der Waals surface area contributed by atoms with Crippen LogP contribution in [0.15, 0.2) is 11.1 Å². The van der Waals surface area contributed by atoms with Gasteiger partial charge in [0, 0.05) is 5.57 Å². The number of carbonyl (C=O) groups is 2. The van der Waals surface area contributed by atoms with E-state index >= 15 is 0 Å². The van der Waals surface area contributed by atoms with Gasteiger partial charge in [0.25, 0.3) is 0 Å². The molecule has 0 rings (SSSR count). The predicted octanol–water partition coefficient (Wildman–Crippen LogP) is 1.70. The number of esters is 2. The molecule has 0 aliphatic rings. The van der Waals surface area contributed by atoms with Gasteiger partial charge < -0.3 is 9.47 Å². The van der Waals surface area contributed by atoms with Gasteiger partial charge in [0.1, 0.15) is 0 Å². The van der Waals surface area contributed by atoms with Crippen LogP contribution >= 0.6 is 0 Å². The van der Waals surface area contributed by atoms with Crippen molar-refractivity contribution in [2.45, 2.75) is 27.2 Å². The van der Waals surface area contributed by atoms with Crippen molar-refractivity contribution < 1.29 is 19.1 Å². The fourth-order valence-electron chi connectivity index (χ4n) is 1.39. The van der Waals surface area contributed by atoms with Gasteiger partial charge in [-0.25, -0.2) is 9.59 Å². The first-order chi connectivity index (χ1) is 6.99. The van der Waals surface area contributed by atoms with E-state index in [4.69, 9.17) is 0 Å². The minimum Gasteiger partial charge on any atom is -0.466 e. The van der Waals surface area contributed by atoms with Gasteiger partial charge in [0.05, 0.1) is 19.8 Å². The Morgan fingerprint density at radius 2 is 1.53 bits per heavy atom. The van der Waals surface area contributed by atoms with Crippen LogP contribution in [0.4, 0.5) is 0 Å². The summed E-state index contributed by atoms with van der Waals surface area (Å²) in [6.45, 7) is 5.48. The summed E-state index contributed by atoms with van der Waals surface area (Å²) in [5, 5.41) is 0. The lowest BCUT2D eigenvalue weighted by molar-refractivity contribution is -0.139. The van der Waals surface area contributed by atoms with Crippen LogP contribution in [0.25, 0.3) is 0 Å². The Morgan fingerprint density at radius 1 is 1.07 bits per heavy atom. The molecule has 0 amide bonds. The van der Waals surface area contributed by atoms with E-state index < -0.39 is 11.9 Å². The number of methoxy groups -OCH3 is 2. The SMILES string of the molecule is CCC(C(=O)OC)=C(C(=O)OC)C(C)C. The molecule has 4 heteroatoms.